The molecule has 0 fully saturated rings. The fourth-order valence-corrected chi connectivity index (χ4v) is 2.66. The highest BCUT2D eigenvalue weighted by atomic mass is 79.9. The van der Waals surface area contributed by atoms with Gasteiger partial charge in [-0.05, 0) is 52.0 Å². The molecule has 1 nitrogen and oxygen atoms in total. The number of hydrogen-bond acceptors (Lipinski definition) is 1. The van der Waals surface area contributed by atoms with Gasteiger partial charge in [-0.15, -0.1) is 0 Å². The average molecular weight is 333 g/mol. The second kappa shape index (κ2) is 8.11. The Morgan fingerprint density at radius 3 is 2.20 bits per heavy atom. The van der Waals surface area contributed by atoms with Crippen LogP contribution in [0, 0.1) is 0 Å². The predicted octanol–water partition coefficient (Wildman–Crippen LogP) is 6.03. The van der Waals surface area contributed by atoms with Gasteiger partial charge >= 0.3 is 0 Å². The van der Waals surface area contributed by atoms with Crippen LogP contribution in [0.15, 0.2) is 54.6 Å². The number of rotatable bonds is 7. The van der Waals surface area contributed by atoms with E-state index in [-0.39, 0.29) is 5.01 Å². The Hall–Kier alpha value is -1.28. The highest BCUT2D eigenvalue weighted by Crippen LogP contribution is 2.24. The van der Waals surface area contributed by atoms with Gasteiger partial charge in [0.1, 0.15) is 5.75 Å². The lowest BCUT2D eigenvalue weighted by Crippen LogP contribution is -2.07. The Labute approximate surface area is 130 Å². The van der Waals surface area contributed by atoms with Gasteiger partial charge in [-0.3, -0.25) is 0 Å². The largest absolute Gasteiger partial charge is 0.479 e. The molecule has 0 aromatic heterocycles. The molecule has 0 radical (unpaired) electrons. The summed E-state index contributed by atoms with van der Waals surface area (Å²) in [6.07, 6.45) is 4.76. The van der Waals surface area contributed by atoms with Crippen molar-refractivity contribution in [2.75, 3.05) is 0 Å². The van der Waals surface area contributed by atoms with Crippen molar-refractivity contribution < 1.29 is 4.74 Å². The maximum Gasteiger partial charge on any atom is 0.153 e. The van der Waals surface area contributed by atoms with Crippen molar-refractivity contribution in [3.63, 3.8) is 0 Å². The highest BCUT2D eigenvalue weighted by molar-refractivity contribution is 9.09. The van der Waals surface area contributed by atoms with E-state index >= 15 is 0 Å². The summed E-state index contributed by atoms with van der Waals surface area (Å²) in [7, 11) is 0. The van der Waals surface area contributed by atoms with E-state index < -0.39 is 0 Å². The summed E-state index contributed by atoms with van der Waals surface area (Å²) in [5.74, 6) is 0.919. The van der Waals surface area contributed by atoms with Gasteiger partial charge < -0.3 is 4.74 Å². The van der Waals surface area contributed by atoms with Crippen LogP contribution in [-0.4, -0.2) is 5.01 Å². The minimum absolute atomic E-state index is 0.108. The lowest BCUT2D eigenvalue weighted by molar-refractivity contribution is 0.278. The van der Waals surface area contributed by atoms with E-state index in [4.69, 9.17) is 4.74 Å². The monoisotopic (exact) mass is 332 g/mol. The SMILES string of the molecule is CCCCCC(Br)Oc1ccc(-c2ccccc2)cc1. The number of benzene rings is 2. The van der Waals surface area contributed by atoms with E-state index in [0.29, 0.717) is 0 Å². The molecule has 0 aliphatic carbocycles. The lowest BCUT2D eigenvalue weighted by atomic mass is 10.1. The van der Waals surface area contributed by atoms with Crippen LogP contribution >= 0.6 is 15.9 Å². The molecular formula is C18H21BrO. The molecule has 0 saturated carbocycles. The Bertz CT molecular complexity index is 493. The van der Waals surface area contributed by atoms with Crippen LogP contribution in [-0.2, 0) is 0 Å². The summed E-state index contributed by atoms with van der Waals surface area (Å²) in [5, 5.41) is 0.108. The molecular weight excluding hydrogens is 312 g/mol. The van der Waals surface area contributed by atoms with E-state index in [0.717, 1.165) is 12.2 Å². The molecule has 0 saturated heterocycles. The first-order valence-electron chi connectivity index (χ1n) is 7.26. The minimum atomic E-state index is 0.108. The summed E-state index contributed by atoms with van der Waals surface area (Å²) >= 11 is 3.59. The third kappa shape index (κ3) is 4.68. The normalized spacial score (nSPS) is 12.1. The first-order valence-corrected chi connectivity index (χ1v) is 8.17. The molecule has 0 spiro atoms. The molecule has 1 atom stereocenters. The fraction of sp³-hybridized carbons (Fsp3) is 0.333. The zero-order chi connectivity index (χ0) is 14.2. The Kier molecular flexibility index (Phi) is 6.13. The molecule has 0 aliphatic heterocycles. The summed E-state index contributed by atoms with van der Waals surface area (Å²) in [6.45, 7) is 2.21. The minimum Gasteiger partial charge on any atom is -0.479 e. The van der Waals surface area contributed by atoms with E-state index in [2.05, 4.69) is 59.3 Å². The van der Waals surface area contributed by atoms with Gasteiger partial charge in [0.25, 0.3) is 0 Å². The summed E-state index contributed by atoms with van der Waals surface area (Å²) in [6, 6.07) is 18.7. The first kappa shape index (κ1) is 15.1. The lowest BCUT2D eigenvalue weighted by Gasteiger charge is -2.13. The third-order valence-electron chi connectivity index (χ3n) is 3.26. The van der Waals surface area contributed by atoms with Gasteiger partial charge in [-0.25, -0.2) is 0 Å². The predicted molar refractivity (Wildman–Crippen MR) is 89.4 cm³/mol. The van der Waals surface area contributed by atoms with Crippen LogP contribution in [0.3, 0.4) is 0 Å². The van der Waals surface area contributed by atoms with Crippen molar-refractivity contribution in [1.29, 1.82) is 0 Å². The molecule has 0 N–H and O–H groups in total. The summed E-state index contributed by atoms with van der Waals surface area (Å²) in [4.78, 5) is 0. The van der Waals surface area contributed by atoms with E-state index in [9.17, 15) is 0 Å². The van der Waals surface area contributed by atoms with Crippen LogP contribution in [0.4, 0.5) is 0 Å². The second-order valence-electron chi connectivity index (χ2n) is 4.91. The molecule has 1 unspecified atom stereocenters. The molecule has 2 rings (SSSR count). The molecule has 0 amide bonds. The van der Waals surface area contributed by atoms with Crippen LogP contribution < -0.4 is 4.74 Å². The molecule has 0 heterocycles. The smallest absolute Gasteiger partial charge is 0.153 e. The molecule has 2 aromatic carbocycles. The molecule has 0 bridgehead atoms. The number of hydrogen-bond donors (Lipinski definition) is 0. The molecule has 20 heavy (non-hydrogen) atoms. The van der Waals surface area contributed by atoms with Crippen LogP contribution in [0.25, 0.3) is 11.1 Å². The second-order valence-corrected chi connectivity index (χ2v) is 5.94. The maximum atomic E-state index is 5.87. The van der Waals surface area contributed by atoms with E-state index in [1.807, 2.05) is 18.2 Å². The van der Waals surface area contributed by atoms with Crippen molar-refractivity contribution in [1.82, 2.24) is 0 Å². The molecule has 0 aliphatic rings. The Balaban J connectivity index is 1.92. The van der Waals surface area contributed by atoms with Gasteiger partial charge in [0.2, 0.25) is 0 Å². The third-order valence-corrected chi connectivity index (χ3v) is 3.90. The first-order chi connectivity index (χ1) is 9.79. The van der Waals surface area contributed by atoms with Gasteiger partial charge in [0.05, 0.1) is 0 Å². The van der Waals surface area contributed by atoms with E-state index in [1.54, 1.807) is 0 Å². The van der Waals surface area contributed by atoms with Gasteiger partial charge in [0.15, 0.2) is 5.01 Å². The van der Waals surface area contributed by atoms with Crippen molar-refractivity contribution in [2.24, 2.45) is 0 Å². The summed E-state index contributed by atoms with van der Waals surface area (Å²) < 4.78 is 5.87. The topological polar surface area (TPSA) is 9.23 Å². The maximum absolute atomic E-state index is 5.87. The van der Waals surface area contributed by atoms with Crippen molar-refractivity contribution in [3.8, 4) is 16.9 Å². The standard InChI is InChI=1S/C18H21BrO/c1-2-3-5-10-18(19)20-17-13-11-16(12-14-17)15-8-6-4-7-9-15/h4,6-9,11-14,18H,2-3,5,10H2,1H3. The van der Waals surface area contributed by atoms with E-state index in [1.165, 1.54) is 30.4 Å². The average Bonchev–Trinajstić information content (AvgIpc) is 2.49. The highest BCUT2D eigenvalue weighted by Gasteiger charge is 2.05. The molecule has 2 heteroatoms. The Morgan fingerprint density at radius 2 is 1.55 bits per heavy atom. The van der Waals surface area contributed by atoms with Gasteiger partial charge in [-0.2, -0.15) is 0 Å². The van der Waals surface area contributed by atoms with Crippen molar-refractivity contribution >= 4 is 15.9 Å². The molecule has 106 valence electrons. The number of unbranched alkanes of at least 4 members (excludes halogenated alkanes) is 2. The zero-order valence-electron chi connectivity index (χ0n) is 11.9. The number of alkyl halides is 1. The molecule has 2 aromatic rings. The van der Waals surface area contributed by atoms with Crippen LogP contribution in [0.5, 0.6) is 5.75 Å². The van der Waals surface area contributed by atoms with Gasteiger partial charge in [0, 0.05) is 0 Å². The zero-order valence-corrected chi connectivity index (χ0v) is 13.5. The van der Waals surface area contributed by atoms with Crippen molar-refractivity contribution in [3.05, 3.63) is 54.6 Å². The van der Waals surface area contributed by atoms with Crippen LogP contribution in [0.1, 0.15) is 32.6 Å². The Morgan fingerprint density at radius 1 is 0.900 bits per heavy atom. The van der Waals surface area contributed by atoms with Crippen LogP contribution in [0.2, 0.25) is 0 Å². The summed E-state index contributed by atoms with van der Waals surface area (Å²) in [5.41, 5.74) is 2.45. The number of halogens is 1. The van der Waals surface area contributed by atoms with Crippen molar-refractivity contribution in [2.45, 2.75) is 37.6 Å². The fourth-order valence-electron chi connectivity index (χ4n) is 2.12. The number of ether oxygens (including phenoxy) is 1. The van der Waals surface area contributed by atoms with Gasteiger partial charge in [-0.1, -0.05) is 62.2 Å². The quantitative estimate of drug-likeness (QED) is 0.444.